The minimum absolute atomic E-state index is 0.102. The Morgan fingerprint density at radius 1 is 1.32 bits per heavy atom. The minimum Gasteiger partial charge on any atom is -0.351 e. The van der Waals surface area contributed by atoms with Gasteiger partial charge in [0.15, 0.2) is 0 Å². The summed E-state index contributed by atoms with van der Waals surface area (Å²) in [6, 6.07) is 7.44. The number of rotatable bonds is 8. The number of hydrogen-bond acceptors (Lipinski definition) is 5. The molecule has 1 aromatic carbocycles. The third-order valence-corrected chi connectivity index (χ3v) is 6.13. The Kier molecular flexibility index (Phi) is 7.15. The van der Waals surface area contributed by atoms with Gasteiger partial charge in [0.25, 0.3) is 0 Å². The lowest BCUT2D eigenvalue weighted by Gasteiger charge is -2.16. The minimum atomic E-state index is -0.221. The predicted molar refractivity (Wildman–Crippen MR) is 113 cm³/mol. The summed E-state index contributed by atoms with van der Waals surface area (Å²) in [5, 5.41) is 4.21. The molecule has 0 saturated carbocycles. The lowest BCUT2D eigenvalue weighted by atomic mass is 10.2. The summed E-state index contributed by atoms with van der Waals surface area (Å²) in [7, 11) is 3.98. The quantitative estimate of drug-likeness (QED) is 0.524. The first-order valence-electron chi connectivity index (χ1n) is 9.36. The summed E-state index contributed by atoms with van der Waals surface area (Å²) in [6.45, 7) is 1.83. The maximum absolute atomic E-state index is 12.5. The molecule has 28 heavy (non-hydrogen) atoms. The second-order valence-electron chi connectivity index (χ2n) is 7.09. The zero-order valence-corrected chi connectivity index (χ0v) is 17.8. The molecule has 3 rings (SSSR count). The largest absolute Gasteiger partial charge is 0.351 e. The molecule has 1 N–H and O–H groups in total. The van der Waals surface area contributed by atoms with E-state index in [-0.39, 0.29) is 17.3 Å². The molecule has 2 aromatic rings. The zero-order valence-electron chi connectivity index (χ0n) is 16.2. The predicted octanol–water partition coefficient (Wildman–Crippen LogP) is 2.36. The van der Waals surface area contributed by atoms with Crippen LogP contribution in [0.15, 0.2) is 34.1 Å². The van der Waals surface area contributed by atoms with E-state index in [1.807, 2.05) is 32.3 Å². The SMILES string of the molecule is CN(C)CCn1c2c(c(SCC(=O)NCc3ccccc3Cl)nc1=O)CCC2. The Morgan fingerprint density at radius 2 is 2.11 bits per heavy atom. The van der Waals surface area contributed by atoms with E-state index in [2.05, 4.69) is 15.2 Å². The second-order valence-corrected chi connectivity index (χ2v) is 8.46. The van der Waals surface area contributed by atoms with Crippen molar-refractivity contribution in [2.24, 2.45) is 0 Å². The van der Waals surface area contributed by atoms with E-state index < -0.39 is 0 Å². The topological polar surface area (TPSA) is 67.2 Å². The number of carbonyl (C=O) groups excluding carboxylic acids is 1. The molecular formula is C20H25ClN4O2S. The second kappa shape index (κ2) is 9.58. The first-order chi connectivity index (χ1) is 13.5. The Balaban J connectivity index is 1.64. The van der Waals surface area contributed by atoms with Gasteiger partial charge in [0.1, 0.15) is 5.03 Å². The lowest BCUT2D eigenvalue weighted by molar-refractivity contribution is -0.118. The maximum Gasteiger partial charge on any atom is 0.348 e. The molecule has 0 bridgehead atoms. The van der Waals surface area contributed by atoms with Crippen LogP contribution in [0, 0.1) is 0 Å². The van der Waals surface area contributed by atoms with Gasteiger partial charge in [0.05, 0.1) is 5.75 Å². The Bertz CT molecular complexity index is 914. The number of halogens is 1. The number of aromatic nitrogens is 2. The molecule has 1 aliphatic rings. The maximum atomic E-state index is 12.5. The van der Waals surface area contributed by atoms with Crippen molar-refractivity contribution in [3.63, 3.8) is 0 Å². The zero-order chi connectivity index (χ0) is 20.1. The summed E-state index contributed by atoms with van der Waals surface area (Å²) in [4.78, 5) is 31.1. The highest BCUT2D eigenvalue weighted by Gasteiger charge is 2.22. The van der Waals surface area contributed by atoms with Gasteiger partial charge in [0.2, 0.25) is 5.91 Å². The molecule has 0 unspecified atom stereocenters. The van der Waals surface area contributed by atoms with E-state index in [0.29, 0.717) is 23.1 Å². The molecule has 0 saturated heterocycles. The Morgan fingerprint density at radius 3 is 2.86 bits per heavy atom. The van der Waals surface area contributed by atoms with Gasteiger partial charge in [-0.25, -0.2) is 4.79 Å². The smallest absolute Gasteiger partial charge is 0.348 e. The van der Waals surface area contributed by atoms with Crippen molar-refractivity contribution in [2.75, 3.05) is 26.4 Å². The molecule has 0 spiro atoms. The average Bonchev–Trinajstić information content (AvgIpc) is 3.14. The van der Waals surface area contributed by atoms with Crippen LogP contribution in [0.4, 0.5) is 0 Å². The molecule has 0 radical (unpaired) electrons. The average molecular weight is 421 g/mol. The van der Waals surface area contributed by atoms with Crippen molar-refractivity contribution in [3.05, 3.63) is 56.6 Å². The fourth-order valence-electron chi connectivity index (χ4n) is 3.26. The molecule has 8 heteroatoms. The summed E-state index contributed by atoms with van der Waals surface area (Å²) < 4.78 is 1.80. The number of amides is 1. The van der Waals surface area contributed by atoms with Crippen LogP contribution in [-0.4, -0.2) is 46.8 Å². The van der Waals surface area contributed by atoms with Gasteiger partial charge in [-0.1, -0.05) is 41.6 Å². The number of thioether (sulfide) groups is 1. The van der Waals surface area contributed by atoms with Gasteiger partial charge in [-0.15, -0.1) is 0 Å². The Labute approximate surface area is 174 Å². The summed E-state index contributed by atoms with van der Waals surface area (Å²) in [5.74, 6) is 0.126. The molecule has 0 fully saturated rings. The van der Waals surface area contributed by atoms with E-state index in [9.17, 15) is 9.59 Å². The number of nitrogens with zero attached hydrogens (tertiary/aromatic N) is 3. The number of likely N-dealkylation sites (N-methyl/N-ethyl adjacent to an activating group) is 1. The summed E-state index contributed by atoms with van der Waals surface area (Å²) in [6.07, 6.45) is 2.83. The molecule has 150 valence electrons. The number of nitrogens with one attached hydrogen (secondary N) is 1. The van der Waals surface area contributed by atoms with Crippen molar-refractivity contribution in [2.45, 2.75) is 37.4 Å². The molecule has 0 aliphatic heterocycles. The normalized spacial score (nSPS) is 13.0. The van der Waals surface area contributed by atoms with E-state index >= 15 is 0 Å². The van der Waals surface area contributed by atoms with Gasteiger partial charge in [0, 0.05) is 35.9 Å². The van der Waals surface area contributed by atoms with Crippen molar-refractivity contribution >= 4 is 29.3 Å². The number of carbonyl (C=O) groups is 1. The van der Waals surface area contributed by atoms with Crippen molar-refractivity contribution in [1.82, 2.24) is 19.8 Å². The first-order valence-corrected chi connectivity index (χ1v) is 10.7. The third-order valence-electron chi connectivity index (χ3n) is 4.75. The highest BCUT2D eigenvalue weighted by Crippen LogP contribution is 2.29. The van der Waals surface area contributed by atoms with Crippen LogP contribution in [0.3, 0.4) is 0 Å². The first kappa shape index (κ1) is 20.9. The van der Waals surface area contributed by atoms with Gasteiger partial charge in [-0.3, -0.25) is 9.36 Å². The lowest BCUT2D eigenvalue weighted by Crippen LogP contribution is -2.31. The molecular weight excluding hydrogens is 396 g/mol. The molecule has 1 aromatic heterocycles. The Hall–Kier alpha value is -1.83. The molecule has 6 nitrogen and oxygen atoms in total. The van der Waals surface area contributed by atoms with E-state index in [4.69, 9.17) is 11.6 Å². The van der Waals surface area contributed by atoms with Gasteiger partial charge < -0.3 is 10.2 Å². The number of benzene rings is 1. The van der Waals surface area contributed by atoms with Crippen molar-refractivity contribution in [1.29, 1.82) is 0 Å². The van der Waals surface area contributed by atoms with Crippen LogP contribution in [0.2, 0.25) is 5.02 Å². The van der Waals surface area contributed by atoms with Crippen LogP contribution in [0.1, 0.15) is 23.2 Å². The fourth-order valence-corrected chi connectivity index (χ4v) is 4.37. The van der Waals surface area contributed by atoms with Crippen LogP contribution in [0.5, 0.6) is 0 Å². The van der Waals surface area contributed by atoms with E-state index in [1.165, 1.54) is 11.8 Å². The highest BCUT2D eigenvalue weighted by atomic mass is 35.5. The van der Waals surface area contributed by atoms with Crippen LogP contribution in [-0.2, 0) is 30.7 Å². The third kappa shape index (κ3) is 5.16. The van der Waals surface area contributed by atoms with Gasteiger partial charge in [-0.05, 0) is 45.0 Å². The van der Waals surface area contributed by atoms with Crippen LogP contribution < -0.4 is 11.0 Å². The van der Waals surface area contributed by atoms with E-state index in [0.717, 1.165) is 42.6 Å². The molecule has 1 aliphatic carbocycles. The van der Waals surface area contributed by atoms with Gasteiger partial charge in [-0.2, -0.15) is 4.98 Å². The molecule has 0 atom stereocenters. The molecule has 1 amide bonds. The van der Waals surface area contributed by atoms with Crippen molar-refractivity contribution in [3.8, 4) is 0 Å². The number of fused-ring (bicyclic) bond motifs is 1. The fraction of sp³-hybridized carbons (Fsp3) is 0.450. The number of hydrogen-bond donors (Lipinski definition) is 1. The van der Waals surface area contributed by atoms with Crippen molar-refractivity contribution < 1.29 is 4.79 Å². The highest BCUT2D eigenvalue weighted by molar-refractivity contribution is 7.99. The van der Waals surface area contributed by atoms with Gasteiger partial charge >= 0.3 is 5.69 Å². The summed E-state index contributed by atoms with van der Waals surface area (Å²) in [5.41, 5.74) is 2.87. The summed E-state index contributed by atoms with van der Waals surface area (Å²) >= 11 is 7.46. The van der Waals surface area contributed by atoms with Crippen LogP contribution >= 0.6 is 23.4 Å². The van der Waals surface area contributed by atoms with Crippen LogP contribution in [0.25, 0.3) is 0 Å². The monoisotopic (exact) mass is 420 g/mol. The van der Waals surface area contributed by atoms with E-state index in [1.54, 1.807) is 10.6 Å². The standard InChI is InChI=1S/C20H25ClN4O2S/c1-24(2)10-11-25-17-9-5-7-15(17)19(23-20(25)27)28-13-18(26)22-12-14-6-3-4-8-16(14)21/h3-4,6,8H,5,7,9-13H2,1-2H3,(H,22,26). The molecule has 1 heterocycles.